The van der Waals surface area contributed by atoms with E-state index in [1.807, 2.05) is 18.3 Å². The zero-order valence-corrected chi connectivity index (χ0v) is 19.0. The van der Waals surface area contributed by atoms with Crippen LogP contribution in [0.15, 0.2) is 54.9 Å². The highest BCUT2D eigenvalue weighted by molar-refractivity contribution is 7.88. The topological polar surface area (TPSA) is 71.5 Å². The lowest BCUT2D eigenvalue weighted by Crippen LogP contribution is -2.57. The Kier molecular flexibility index (Phi) is 7.25. The van der Waals surface area contributed by atoms with Crippen LogP contribution in [0.5, 0.6) is 0 Å². The van der Waals surface area contributed by atoms with Crippen LogP contribution in [0.3, 0.4) is 0 Å². The lowest BCUT2D eigenvalue weighted by atomic mass is 9.83. The Hall–Kier alpha value is -1.96. The van der Waals surface area contributed by atoms with Gasteiger partial charge in [-0.25, -0.2) is 13.1 Å². The van der Waals surface area contributed by atoms with E-state index in [9.17, 15) is 8.42 Å². The van der Waals surface area contributed by atoms with Crippen molar-refractivity contribution in [3.8, 4) is 0 Å². The first kappa shape index (κ1) is 22.2. The van der Waals surface area contributed by atoms with Crippen molar-refractivity contribution < 1.29 is 13.2 Å². The number of pyridine rings is 1. The van der Waals surface area contributed by atoms with E-state index >= 15 is 0 Å². The van der Waals surface area contributed by atoms with Crippen molar-refractivity contribution in [1.82, 2.24) is 9.71 Å². The van der Waals surface area contributed by atoms with Crippen molar-refractivity contribution in [2.24, 2.45) is 0 Å². The number of sulfonamides is 1. The fourth-order valence-corrected chi connectivity index (χ4v) is 5.87. The molecule has 1 aliphatic carbocycles. The maximum atomic E-state index is 12.0. The monoisotopic (exact) mass is 443 g/mol. The van der Waals surface area contributed by atoms with Crippen LogP contribution in [-0.4, -0.2) is 51.0 Å². The number of rotatable bonds is 7. The average Bonchev–Trinajstić information content (AvgIpc) is 2.79. The standard InChI is InChI=1S/C24H33N3O3S/c1-31(28,29)26-23-10-6-16-27(21-9-5-15-25-17-21)24(23)18-30-22-13-11-20(12-14-22)19-7-3-2-4-8-19/h2-5,7-9,15,17,20,22-24,26H,6,10-14,16,18H2,1H3/t20-,22+,23?,24?. The van der Waals surface area contributed by atoms with Crippen molar-refractivity contribution in [2.75, 3.05) is 24.3 Å². The van der Waals surface area contributed by atoms with Crippen LogP contribution in [0, 0.1) is 0 Å². The normalized spacial score (nSPS) is 27.2. The Morgan fingerprint density at radius 2 is 1.84 bits per heavy atom. The summed E-state index contributed by atoms with van der Waals surface area (Å²) in [6.45, 7) is 1.39. The van der Waals surface area contributed by atoms with Crippen LogP contribution < -0.4 is 9.62 Å². The van der Waals surface area contributed by atoms with E-state index in [0.717, 1.165) is 50.8 Å². The van der Waals surface area contributed by atoms with Crippen molar-refractivity contribution in [1.29, 1.82) is 0 Å². The summed E-state index contributed by atoms with van der Waals surface area (Å²) in [5.41, 5.74) is 2.44. The second-order valence-corrected chi connectivity index (χ2v) is 10.6. The zero-order valence-electron chi connectivity index (χ0n) is 18.2. The third-order valence-corrected chi connectivity index (χ3v) is 7.30. The fraction of sp³-hybridized carbons (Fsp3) is 0.542. The van der Waals surface area contributed by atoms with Crippen LogP contribution in [0.25, 0.3) is 0 Å². The molecule has 2 aliphatic rings. The molecule has 1 N–H and O–H groups in total. The van der Waals surface area contributed by atoms with Gasteiger partial charge in [0.15, 0.2) is 0 Å². The molecule has 4 rings (SSSR count). The predicted molar refractivity (Wildman–Crippen MR) is 124 cm³/mol. The molecule has 31 heavy (non-hydrogen) atoms. The van der Waals surface area contributed by atoms with Crippen LogP contribution >= 0.6 is 0 Å². The zero-order chi connectivity index (χ0) is 21.7. The van der Waals surface area contributed by atoms with Crippen molar-refractivity contribution in [3.05, 3.63) is 60.4 Å². The summed E-state index contributed by atoms with van der Waals surface area (Å²) >= 11 is 0. The summed E-state index contributed by atoms with van der Waals surface area (Å²) in [7, 11) is -3.29. The number of nitrogens with one attached hydrogen (secondary N) is 1. The molecule has 0 spiro atoms. The largest absolute Gasteiger partial charge is 0.376 e. The van der Waals surface area contributed by atoms with Gasteiger partial charge in [-0.3, -0.25) is 4.98 Å². The molecule has 2 heterocycles. The smallest absolute Gasteiger partial charge is 0.209 e. The second kappa shape index (κ2) is 10.1. The van der Waals surface area contributed by atoms with E-state index in [-0.39, 0.29) is 18.2 Å². The van der Waals surface area contributed by atoms with E-state index in [2.05, 4.69) is 44.9 Å². The van der Waals surface area contributed by atoms with Gasteiger partial charge >= 0.3 is 0 Å². The van der Waals surface area contributed by atoms with E-state index in [1.54, 1.807) is 6.20 Å². The molecule has 7 heteroatoms. The molecule has 2 fully saturated rings. The van der Waals surface area contributed by atoms with Gasteiger partial charge in [0.2, 0.25) is 10.0 Å². The molecule has 2 aromatic rings. The summed E-state index contributed by atoms with van der Waals surface area (Å²) in [6, 6.07) is 14.5. The quantitative estimate of drug-likeness (QED) is 0.706. The molecule has 0 radical (unpaired) electrons. The van der Waals surface area contributed by atoms with Crippen LogP contribution in [0.4, 0.5) is 5.69 Å². The van der Waals surface area contributed by atoms with Crippen LogP contribution in [0.1, 0.15) is 50.0 Å². The van der Waals surface area contributed by atoms with Gasteiger partial charge in [-0.05, 0) is 62.1 Å². The highest BCUT2D eigenvalue weighted by Crippen LogP contribution is 2.34. The van der Waals surface area contributed by atoms with Gasteiger partial charge in [0.1, 0.15) is 0 Å². The maximum absolute atomic E-state index is 12.0. The second-order valence-electron chi connectivity index (χ2n) is 8.83. The summed E-state index contributed by atoms with van der Waals surface area (Å²) in [5.74, 6) is 0.613. The minimum atomic E-state index is -3.29. The molecule has 1 aromatic carbocycles. The van der Waals surface area contributed by atoms with Crippen molar-refractivity contribution >= 4 is 15.7 Å². The molecule has 6 nitrogen and oxygen atoms in total. The number of aromatic nitrogens is 1. The van der Waals surface area contributed by atoms with E-state index in [4.69, 9.17) is 4.74 Å². The van der Waals surface area contributed by atoms with Gasteiger partial charge < -0.3 is 9.64 Å². The molecule has 168 valence electrons. The molecule has 1 aliphatic heterocycles. The number of anilines is 1. The highest BCUT2D eigenvalue weighted by atomic mass is 32.2. The molecule has 2 atom stereocenters. The fourth-order valence-electron chi connectivity index (χ4n) is 5.04. The van der Waals surface area contributed by atoms with Gasteiger partial charge in [0.05, 0.1) is 36.9 Å². The summed E-state index contributed by atoms with van der Waals surface area (Å²) < 4.78 is 33.2. The van der Waals surface area contributed by atoms with Crippen LogP contribution in [-0.2, 0) is 14.8 Å². The minimum absolute atomic E-state index is 0.0421. The third-order valence-electron chi connectivity index (χ3n) is 6.57. The predicted octanol–water partition coefficient (Wildman–Crippen LogP) is 3.71. The molecule has 0 bridgehead atoms. The first-order chi connectivity index (χ1) is 15.0. The summed E-state index contributed by atoms with van der Waals surface area (Å²) in [6.07, 6.45) is 11.2. The molecular weight excluding hydrogens is 410 g/mol. The summed E-state index contributed by atoms with van der Waals surface area (Å²) in [4.78, 5) is 6.52. The van der Waals surface area contributed by atoms with E-state index in [0.29, 0.717) is 12.5 Å². The Labute approximate surface area is 186 Å². The first-order valence-electron chi connectivity index (χ1n) is 11.3. The van der Waals surface area contributed by atoms with Gasteiger partial charge in [0.25, 0.3) is 0 Å². The number of ether oxygens (including phenoxy) is 1. The Morgan fingerprint density at radius 3 is 2.52 bits per heavy atom. The SMILES string of the molecule is CS(=O)(=O)NC1CCCN(c2cccnc2)C1CO[C@H]1CC[C@@H](c2ccccc2)CC1. The van der Waals surface area contributed by atoms with Gasteiger partial charge in [-0.15, -0.1) is 0 Å². The van der Waals surface area contributed by atoms with Crippen LogP contribution in [0.2, 0.25) is 0 Å². The first-order valence-corrected chi connectivity index (χ1v) is 13.2. The minimum Gasteiger partial charge on any atom is -0.376 e. The molecule has 1 saturated heterocycles. The Balaban J connectivity index is 1.40. The lowest BCUT2D eigenvalue weighted by molar-refractivity contribution is 0.0102. The maximum Gasteiger partial charge on any atom is 0.209 e. The molecule has 0 amide bonds. The molecule has 2 unspecified atom stereocenters. The Morgan fingerprint density at radius 1 is 1.06 bits per heavy atom. The van der Waals surface area contributed by atoms with Gasteiger partial charge in [-0.2, -0.15) is 0 Å². The summed E-state index contributed by atoms with van der Waals surface area (Å²) in [5, 5.41) is 0. The van der Waals surface area contributed by atoms with Gasteiger partial charge in [-0.1, -0.05) is 30.3 Å². The van der Waals surface area contributed by atoms with Crippen molar-refractivity contribution in [2.45, 2.75) is 62.6 Å². The molecule has 1 saturated carbocycles. The van der Waals surface area contributed by atoms with E-state index in [1.165, 1.54) is 11.8 Å². The number of benzene rings is 1. The Bertz CT molecular complexity index is 916. The van der Waals surface area contributed by atoms with Crippen molar-refractivity contribution in [3.63, 3.8) is 0 Å². The average molecular weight is 444 g/mol. The number of hydrogen-bond donors (Lipinski definition) is 1. The number of piperidine rings is 1. The molecular formula is C24H33N3O3S. The number of hydrogen-bond acceptors (Lipinski definition) is 5. The highest BCUT2D eigenvalue weighted by Gasteiger charge is 2.34. The van der Waals surface area contributed by atoms with Gasteiger partial charge in [0, 0.05) is 18.8 Å². The lowest BCUT2D eigenvalue weighted by Gasteiger charge is -2.43. The third kappa shape index (κ3) is 6.05. The number of nitrogens with zero attached hydrogens (tertiary/aromatic N) is 2. The van der Waals surface area contributed by atoms with E-state index < -0.39 is 10.0 Å². The molecule has 1 aromatic heterocycles.